The summed E-state index contributed by atoms with van der Waals surface area (Å²) in [5.41, 5.74) is 8.25. The maximum Gasteiger partial charge on any atom is 0.127 e. The van der Waals surface area contributed by atoms with E-state index in [2.05, 4.69) is 35.3 Å². The summed E-state index contributed by atoms with van der Waals surface area (Å²) in [5.74, 6) is 0.736. The van der Waals surface area contributed by atoms with E-state index in [1.165, 1.54) is 10.8 Å². The lowest BCUT2D eigenvalue weighted by Gasteiger charge is -2.04. The standard InChI is InChI=1S/C18H14N2OS/c19-17(16-6-3-9-21-16)18-20-15(11-22-18)14-8-7-12-4-1-2-5-13(12)10-14/h1-11,17H,19H2. The van der Waals surface area contributed by atoms with Gasteiger partial charge < -0.3 is 10.2 Å². The minimum atomic E-state index is -0.311. The first-order valence-electron chi connectivity index (χ1n) is 7.05. The highest BCUT2D eigenvalue weighted by atomic mass is 32.1. The molecule has 3 nitrogen and oxygen atoms in total. The minimum absolute atomic E-state index is 0.311. The van der Waals surface area contributed by atoms with Crippen molar-refractivity contribution in [1.82, 2.24) is 4.98 Å². The van der Waals surface area contributed by atoms with E-state index in [0.717, 1.165) is 22.0 Å². The summed E-state index contributed by atoms with van der Waals surface area (Å²) >= 11 is 1.56. The Hall–Kier alpha value is -2.43. The molecule has 0 spiro atoms. The van der Waals surface area contributed by atoms with Crippen LogP contribution in [0.4, 0.5) is 0 Å². The third kappa shape index (κ3) is 2.32. The van der Waals surface area contributed by atoms with Gasteiger partial charge in [0, 0.05) is 10.9 Å². The summed E-state index contributed by atoms with van der Waals surface area (Å²) in [5, 5.41) is 5.35. The number of fused-ring (bicyclic) bond motifs is 1. The molecule has 4 rings (SSSR count). The molecule has 22 heavy (non-hydrogen) atoms. The Morgan fingerprint density at radius 1 is 1.00 bits per heavy atom. The zero-order valence-electron chi connectivity index (χ0n) is 11.8. The van der Waals surface area contributed by atoms with Gasteiger partial charge in [-0.2, -0.15) is 0 Å². The van der Waals surface area contributed by atoms with Gasteiger partial charge in [-0.25, -0.2) is 4.98 Å². The largest absolute Gasteiger partial charge is 0.467 e. The molecule has 1 atom stereocenters. The van der Waals surface area contributed by atoms with Crippen LogP contribution in [0.5, 0.6) is 0 Å². The molecule has 0 saturated carbocycles. The van der Waals surface area contributed by atoms with Crippen molar-refractivity contribution in [1.29, 1.82) is 0 Å². The Morgan fingerprint density at radius 2 is 1.86 bits per heavy atom. The molecule has 4 heteroatoms. The molecule has 4 aromatic rings. The molecule has 0 aliphatic heterocycles. The fourth-order valence-electron chi connectivity index (χ4n) is 2.50. The summed E-state index contributed by atoms with van der Waals surface area (Å²) < 4.78 is 5.36. The molecule has 2 aromatic carbocycles. The zero-order chi connectivity index (χ0) is 14.9. The number of hydrogen-bond acceptors (Lipinski definition) is 4. The molecule has 0 radical (unpaired) electrons. The number of nitrogens with two attached hydrogens (primary N) is 1. The normalized spacial score (nSPS) is 12.6. The fraction of sp³-hybridized carbons (Fsp3) is 0.0556. The van der Waals surface area contributed by atoms with Gasteiger partial charge in [-0.1, -0.05) is 36.4 Å². The number of thiazole rings is 1. The lowest BCUT2D eigenvalue weighted by atomic mass is 10.1. The smallest absolute Gasteiger partial charge is 0.127 e. The average molecular weight is 306 g/mol. The van der Waals surface area contributed by atoms with E-state index in [1.54, 1.807) is 17.6 Å². The molecule has 0 aliphatic carbocycles. The van der Waals surface area contributed by atoms with Gasteiger partial charge >= 0.3 is 0 Å². The Bertz CT molecular complexity index is 912. The predicted octanol–water partition coefficient (Wildman–Crippen LogP) is 4.60. The minimum Gasteiger partial charge on any atom is -0.467 e. The number of nitrogens with zero attached hydrogens (tertiary/aromatic N) is 1. The molecular formula is C18H14N2OS. The molecule has 0 fully saturated rings. The highest BCUT2D eigenvalue weighted by Gasteiger charge is 2.16. The topological polar surface area (TPSA) is 52.0 Å². The van der Waals surface area contributed by atoms with E-state index in [0.29, 0.717) is 0 Å². The lowest BCUT2D eigenvalue weighted by Crippen LogP contribution is -2.10. The number of rotatable bonds is 3. The van der Waals surface area contributed by atoms with E-state index >= 15 is 0 Å². The van der Waals surface area contributed by atoms with Crippen LogP contribution in [0.1, 0.15) is 16.8 Å². The molecule has 2 aromatic heterocycles. The van der Waals surface area contributed by atoms with Crippen molar-refractivity contribution in [3.63, 3.8) is 0 Å². The molecule has 0 amide bonds. The molecule has 1 unspecified atom stereocenters. The van der Waals surface area contributed by atoms with Crippen molar-refractivity contribution in [3.8, 4) is 11.3 Å². The first kappa shape index (κ1) is 13.2. The second-order valence-corrected chi connectivity index (χ2v) is 6.02. The maximum atomic E-state index is 6.20. The van der Waals surface area contributed by atoms with Crippen LogP contribution in [0.15, 0.2) is 70.7 Å². The van der Waals surface area contributed by atoms with Gasteiger partial charge in [0.25, 0.3) is 0 Å². The summed E-state index contributed by atoms with van der Waals surface area (Å²) in [6.45, 7) is 0. The first-order valence-corrected chi connectivity index (χ1v) is 7.93. The van der Waals surface area contributed by atoms with Gasteiger partial charge in [-0.05, 0) is 29.0 Å². The quantitative estimate of drug-likeness (QED) is 0.601. The van der Waals surface area contributed by atoms with Crippen molar-refractivity contribution < 1.29 is 4.42 Å². The van der Waals surface area contributed by atoms with E-state index in [4.69, 9.17) is 10.2 Å². The third-order valence-electron chi connectivity index (χ3n) is 3.68. The fourth-order valence-corrected chi connectivity index (χ4v) is 3.34. The van der Waals surface area contributed by atoms with E-state index in [-0.39, 0.29) is 6.04 Å². The van der Waals surface area contributed by atoms with Crippen LogP contribution in [0.25, 0.3) is 22.0 Å². The second-order valence-electron chi connectivity index (χ2n) is 5.13. The zero-order valence-corrected chi connectivity index (χ0v) is 12.6. The molecule has 0 bridgehead atoms. The summed E-state index contributed by atoms with van der Waals surface area (Å²) in [6, 6.07) is 18.1. The first-order chi connectivity index (χ1) is 10.8. The van der Waals surface area contributed by atoms with Crippen LogP contribution >= 0.6 is 11.3 Å². The van der Waals surface area contributed by atoms with Crippen LogP contribution in [-0.2, 0) is 0 Å². The number of benzene rings is 2. The highest BCUT2D eigenvalue weighted by Crippen LogP contribution is 2.29. The van der Waals surface area contributed by atoms with Gasteiger partial charge in [0.15, 0.2) is 0 Å². The third-order valence-corrected chi connectivity index (χ3v) is 4.61. The number of aromatic nitrogens is 1. The Kier molecular flexibility index (Phi) is 3.25. The van der Waals surface area contributed by atoms with Crippen LogP contribution in [0, 0.1) is 0 Å². The Balaban J connectivity index is 1.70. The van der Waals surface area contributed by atoms with Crippen molar-refractivity contribution >= 4 is 22.1 Å². The highest BCUT2D eigenvalue weighted by molar-refractivity contribution is 7.10. The van der Waals surface area contributed by atoms with Crippen LogP contribution in [0.3, 0.4) is 0 Å². The van der Waals surface area contributed by atoms with Crippen LogP contribution in [-0.4, -0.2) is 4.98 Å². The van der Waals surface area contributed by atoms with Gasteiger partial charge in [0.05, 0.1) is 12.0 Å². The van der Waals surface area contributed by atoms with Gasteiger partial charge in [0.2, 0.25) is 0 Å². The summed E-state index contributed by atoms with van der Waals surface area (Å²) in [4.78, 5) is 4.68. The van der Waals surface area contributed by atoms with Crippen molar-refractivity contribution in [2.75, 3.05) is 0 Å². The van der Waals surface area contributed by atoms with Crippen molar-refractivity contribution in [2.24, 2.45) is 5.73 Å². The van der Waals surface area contributed by atoms with Crippen molar-refractivity contribution in [2.45, 2.75) is 6.04 Å². The molecule has 2 N–H and O–H groups in total. The van der Waals surface area contributed by atoms with Crippen LogP contribution < -0.4 is 5.73 Å². The number of furan rings is 1. The van der Waals surface area contributed by atoms with E-state index < -0.39 is 0 Å². The molecule has 2 heterocycles. The van der Waals surface area contributed by atoms with E-state index in [1.807, 2.05) is 29.6 Å². The predicted molar refractivity (Wildman–Crippen MR) is 89.8 cm³/mol. The van der Waals surface area contributed by atoms with E-state index in [9.17, 15) is 0 Å². The Labute approximate surface area is 132 Å². The van der Waals surface area contributed by atoms with Gasteiger partial charge in [-0.15, -0.1) is 11.3 Å². The SMILES string of the molecule is NC(c1ccco1)c1nc(-c2ccc3ccccc3c2)cs1. The monoisotopic (exact) mass is 306 g/mol. The molecular weight excluding hydrogens is 292 g/mol. The second kappa shape index (κ2) is 5.40. The Morgan fingerprint density at radius 3 is 2.68 bits per heavy atom. The molecule has 108 valence electrons. The van der Waals surface area contributed by atoms with Crippen LogP contribution in [0.2, 0.25) is 0 Å². The molecule has 0 saturated heterocycles. The summed E-state index contributed by atoms with van der Waals surface area (Å²) in [6.07, 6.45) is 1.63. The molecule has 0 aliphatic rings. The van der Waals surface area contributed by atoms with Gasteiger partial charge in [0.1, 0.15) is 16.8 Å². The number of hydrogen-bond donors (Lipinski definition) is 1. The summed E-state index contributed by atoms with van der Waals surface area (Å²) in [7, 11) is 0. The van der Waals surface area contributed by atoms with Gasteiger partial charge in [-0.3, -0.25) is 0 Å². The maximum absolute atomic E-state index is 6.20. The van der Waals surface area contributed by atoms with Crippen molar-refractivity contribution in [3.05, 3.63) is 77.0 Å². The lowest BCUT2D eigenvalue weighted by molar-refractivity contribution is 0.489. The average Bonchev–Trinajstić information content (AvgIpc) is 3.25.